The van der Waals surface area contributed by atoms with Crippen LogP contribution in [0.2, 0.25) is 0 Å². The van der Waals surface area contributed by atoms with E-state index >= 15 is 0 Å². The van der Waals surface area contributed by atoms with Gasteiger partial charge in [-0.3, -0.25) is 0 Å². The molecule has 0 saturated heterocycles. The van der Waals surface area contributed by atoms with Crippen LogP contribution >= 0.6 is 0 Å². The van der Waals surface area contributed by atoms with E-state index in [1.165, 1.54) is 64.2 Å². The van der Waals surface area contributed by atoms with E-state index in [2.05, 4.69) is 34.6 Å². The number of hydrogen-bond donors (Lipinski definition) is 2. The number of ether oxygens (including phenoxy) is 1. The van der Waals surface area contributed by atoms with E-state index in [4.69, 9.17) is 4.74 Å². The number of aliphatic hydroxyl groups is 2. The average Bonchev–Trinajstić information content (AvgIpc) is 2.80. The lowest BCUT2D eigenvalue weighted by atomic mass is 9.71. The average molecular weight is 467 g/mol. The molecule has 2 saturated carbocycles. The molecule has 4 unspecified atom stereocenters. The molecule has 0 radical (unpaired) electrons. The fourth-order valence-electron chi connectivity index (χ4n) is 6.57. The number of aliphatic hydroxyl groups excluding tert-OH is 2. The van der Waals surface area contributed by atoms with E-state index in [0.717, 1.165) is 49.9 Å². The van der Waals surface area contributed by atoms with Crippen molar-refractivity contribution in [3.05, 3.63) is 0 Å². The second-order valence-corrected chi connectivity index (χ2v) is 13.0. The van der Waals surface area contributed by atoms with Gasteiger partial charge < -0.3 is 14.9 Å². The van der Waals surface area contributed by atoms with Gasteiger partial charge in [-0.25, -0.2) is 0 Å². The van der Waals surface area contributed by atoms with E-state index in [9.17, 15) is 10.2 Å². The van der Waals surface area contributed by atoms with Crippen LogP contribution in [0, 0.1) is 35.0 Å². The lowest BCUT2D eigenvalue weighted by Gasteiger charge is -2.36. The maximum Gasteiger partial charge on any atom is 0.0568 e. The van der Waals surface area contributed by atoms with E-state index < -0.39 is 0 Å². The van der Waals surface area contributed by atoms with Crippen LogP contribution in [0.5, 0.6) is 0 Å². The largest absolute Gasteiger partial charge is 0.393 e. The lowest BCUT2D eigenvalue weighted by molar-refractivity contribution is 0.0456. The van der Waals surface area contributed by atoms with Gasteiger partial charge in [0, 0.05) is 7.11 Å². The normalized spacial score (nSPS) is 30.5. The molecule has 0 bridgehead atoms. The summed E-state index contributed by atoms with van der Waals surface area (Å²) in [7, 11) is 1.82. The predicted octanol–water partition coefficient (Wildman–Crippen LogP) is 7.77. The highest BCUT2D eigenvalue weighted by atomic mass is 16.5. The van der Waals surface area contributed by atoms with Crippen molar-refractivity contribution in [3.8, 4) is 0 Å². The molecule has 2 aliphatic carbocycles. The van der Waals surface area contributed by atoms with Gasteiger partial charge in [0.1, 0.15) is 0 Å². The van der Waals surface area contributed by atoms with Gasteiger partial charge >= 0.3 is 0 Å². The first-order valence-electron chi connectivity index (χ1n) is 14.5. The summed E-state index contributed by atoms with van der Waals surface area (Å²) in [6, 6.07) is 0. The SMILES string of the molecule is COC(C)CCC1CCCCC1C[C@@H](C)C(O)CCC(C)(C)CC[C@H](O)C1CCC(C)CC1. The van der Waals surface area contributed by atoms with Crippen LogP contribution in [0.1, 0.15) is 131 Å². The van der Waals surface area contributed by atoms with Crippen molar-refractivity contribution in [1.82, 2.24) is 0 Å². The molecule has 2 aliphatic rings. The molecular weight excluding hydrogens is 408 g/mol. The van der Waals surface area contributed by atoms with E-state index in [-0.39, 0.29) is 17.6 Å². The van der Waals surface area contributed by atoms with Crippen molar-refractivity contribution in [2.24, 2.45) is 35.0 Å². The van der Waals surface area contributed by atoms with Crippen molar-refractivity contribution in [3.63, 3.8) is 0 Å². The Morgan fingerprint density at radius 3 is 2.09 bits per heavy atom. The molecule has 2 fully saturated rings. The summed E-state index contributed by atoms with van der Waals surface area (Å²) in [5.74, 6) is 3.31. The molecule has 0 aromatic heterocycles. The number of methoxy groups -OCH3 is 1. The predicted molar refractivity (Wildman–Crippen MR) is 140 cm³/mol. The highest BCUT2D eigenvalue weighted by Gasteiger charge is 2.30. The van der Waals surface area contributed by atoms with Gasteiger partial charge in [0.2, 0.25) is 0 Å². The minimum Gasteiger partial charge on any atom is -0.393 e. The van der Waals surface area contributed by atoms with Crippen LogP contribution < -0.4 is 0 Å². The van der Waals surface area contributed by atoms with Crippen LogP contribution in [0.15, 0.2) is 0 Å². The van der Waals surface area contributed by atoms with Crippen molar-refractivity contribution in [1.29, 1.82) is 0 Å². The fraction of sp³-hybridized carbons (Fsp3) is 1.00. The first-order chi connectivity index (χ1) is 15.6. The summed E-state index contributed by atoms with van der Waals surface area (Å²) in [6.07, 6.45) is 17.9. The molecule has 2 N–H and O–H groups in total. The molecule has 33 heavy (non-hydrogen) atoms. The minimum absolute atomic E-state index is 0.135. The third kappa shape index (κ3) is 10.6. The van der Waals surface area contributed by atoms with Crippen LogP contribution in [-0.2, 0) is 4.74 Å². The van der Waals surface area contributed by atoms with Crippen LogP contribution in [-0.4, -0.2) is 35.6 Å². The summed E-state index contributed by atoms with van der Waals surface area (Å²) in [6.45, 7) is 11.5. The van der Waals surface area contributed by atoms with E-state index in [0.29, 0.717) is 17.9 Å². The molecule has 196 valence electrons. The summed E-state index contributed by atoms with van der Waals surface area (Å²) < 4.78 is 5.48. The van der Waals surface area contributed by atoms with Gasteiger partial charge in [0.05, 0.1) is 18.3 Å². The minimum atomic E-state index is -0.200. The summed E-state index contributed by atoms with van der Waals surface area (Å²) in [5, 5.41) is 21.7. The Kier molecular flexibility index (Phi) is 12.7. The molecule has 3 heteroatoms. The van der Waals surface area contributed by atoms with Gasteiger partial charge in [0.25, 0.3) is 0 Å². The molecule has 0 heterocycles. The highest BCUT2D eigenvalue weighted by molar-refractivity contribution is 4.82. The van der Waals surface area contributed by atoms with E-state index in [1.54, 1.807) is 0 Å². The Labute approximate surface area is 206 Å². The Bertz CT molecular complexity index is 511. The first-order valence-corrected chi connectivity index (χ1v) is 14.5. The third-order valence-electron chi connectivity index (χ3n) is 9.58. The van der Waals surface area contributed by atoms with Crippen molar-refractivity contribution in [2.45, 2.75) is 149 Å². The molecule has 0 amide bonds. The molecule has 0 spiro atoms. The van der Waals surface area contributed by atoms with Crippen molar-refractivity contribution >= 4 is 0 Å². The molecule has 0 aromatic carbocycles. The van der Waals surface area contributed by atoms with Crippen LogP contribution in [0.25, 0.3) is 0 Å². The smallest absolute Gasteiger partial charge is 0.0568 e. The second-order valence-electron chi connectivity index (χ2n) is 13.0. The zero-order chi connectivity index (χ0) is 24.4. The van der Waals surface area contributed by atoms with Gasteiger partial charge in [-0.15, -0.1) is 0 Å². The Hall–Kier alpha value is -0.120. The maximum absolute atomic E-state index is 11.0. The summed E-state index contributed by atoms with van der Waals surface area (Å²) in [4.78, 5) is 0. The second kappa shape index (κ2) is 14.4. The molecule has 0 aromatic rings. The standard InChI is InChI=1S/C30H58O3/c1-22-11-14-26(15-12-22)29(32)18-20-30(4,5)19-17-28(31)23(2)21-27-10-8-7-9-25(27)16-13-24(3)33-6/h22-29,31-32H,7-21H2,1-6H3/t22?,23-,24?,25?,26?,27?,28?,29+/m1/s1. The first kappa shape index (κ1) is 29.1. The van der Waals surface area contributed by atoms with Crippen LogP contribution in [0.4, 0.5) is 0 Å². The van der Waals surface area contributed by atoms with Crippen LogP contribution in [0.3, 0.4) is 0 Å². The quantitative estimate of drug-likeness (QED) is 0.275. The molecule has 2 rings (SSSR count). The van der Waals surface area contributed by atoms with Gasteiger partial charge in [-0.05, 0) is 99.7 Å². The Morgan fingerprint density at radius 1 is 0.848 bits per heavy atom. The van der Waals surface area contributed by atoms with Crippen molar-refractivity contribution < 1.29 is 14.9 Å². The zero-order valence-corrected chi connectivity index (χ0v) is 23.0. The number of hydrogen-bond acceptors (Lipinski definition) is 3. The lowest BCUT2D eigenvalue weighted by Crippen LogP contribution is -2.29. The molecule has 6 atom stereocenters. The highest BCUT2D eigenvalue weighted by Crippen LogP contribution is 2.39. The van der Waals surface area contributed by atoms with Crippen molar-refractivity contribution in [2.75, 3.05) is 7.11 Å². The maximum atomic E-state index is 11.0. The monoisotopic (exact) mass is 466 g/mol. The summed E-state index contributed by atoms with van der Waals surface area (Å²) >= 11 is 0. The van der Waals surface area contributed by atoms with E-state index in [1.807, 2.05) is 7.11 Å². The molecular formula is C30H58O3. The molecule has 0 aliphatic heterocycles. The van der Waals surface area contributed by atoms with Gasteiger partial charge in [-0.2, -0.15) is 0 Å². The van der Waals surface area contributed by atoms with Gasteiger partial charge in [-0.1, -0.05) is 66.2 Å². The third-order valence-corrected chi connectivity index (χ3v) is 9.58. The van der Waals surface area contributed by atoms with Gasteiger partial charge in [0.15, 0.2) is 0 Å². The Morgan fingerprint density at radius 2 is 1.45 bits per heavy atom. The topological polar surface area (TPSA) is 49.7 Å². The summed E-state index contributed by atoms with van der Waals surface area (Å²) in [5.41, 5.74) is 0.188. The number of rotatable bonds is 14. The molecule has 3 nitrogen and oxygen atoms in total. The zero-order valence-electron chi connectivity index (χ0n) is 23.0. The fourth-order valence-corrected chi connectivity index (χ4v) is 6.57. The Balaban J connectivity index is 1.72.